The Morgan fingerprint density at radius 2 is 1.98 bits per heavy atom. The second-order valence-corrected chi connectivity index (χ2v) is 15.8. The number of phenolic OH excluding ortho intramolecular Hbond substituents is 1. The van der Waals surface area contributed by atoms with Crippen molar-refractivity contribution < 1.29 is 32.9 Å². The van der Waals surface area contributed by atoms with E-state index in [1.54, 1.807) is 42.6 Å². The van der Waals surface area contributed by atoms with Crippen molar-refractivity contribution in [3.8, 4) is 35.2 Å². The number of aromatic nitrogens is 3. The number of anilines is 2. The molecular formula is C44H45ClF2N6O5. The van der Waals surface area contributed by atoms with E-state index in [9.17, 15) is 9.90 Å². The average Bonchev–Trinajstić information content (AvgIpc) is 3.78. The molecule has 0 saturated carbocycles. The number of benzene rings is 3. The Bertz CT molecular complexity index is 2420. The number of terminal acetylenes is 1. The second-order valence-electron chi connectivity index (χ2n) is 15.5. The van der Waals surface area contributed by atoms with Crippen molar-refractivity contribution in [2.24, 2.45) is 5.92 Å². The van der Waals surface area contributed by atoms with Gasteiger partial charge in [-0.15, -0.1) is 6.42 Å². The largest absolute Gasteiger partial charge is 0.506 e. The molecule has 0 amide bonds. The number of halogens is 3. The maximum Gasteiger partial charge on any atom is 0.319 e. The number of esters is 1. The first kappa shape index (κ1) is 39.5. The molecule has 3 saturated heterocycles. The number of ether oxygens (including phenoxy) is 3. The van der Waals surface area contributed by atoms with Crippen LogP contribution in [0.15, 0.2) is 48.7 Å². The van der Waals surface area contributed by atoms with Crippen LogP contribution in [0.4, 0.5) is 20.4 Å². The molecule has 302 valence electrons. The molecule has 3 aliphatic rings. The van der Waals surface area contributed by atoms with E-state index in [0.29, 0.717) is 30.6 Å². The normalized spacial score (nSPS) is 21.6. The fraction of sp³-hybridized carbons (Fsp3) is 0.409. The van der Waals surface area contributed by atoms with Crippen LogP contribution in [0.1, 0.15) is 75.5 Å². The standard InChI is InChI=1S/C44H45ClF2N6O5/c1-3-29-32(46)14-13-26-10-6-11-31(33(26)29)34-36(45)39(54)35-38(37(34)47)51-43(52-41(35)50-25(2)30-12-7-19-49-40(30)48)58-24-44-17-8-20-53(44)28(15-18-44)23-57-42(55)27-9-4-5-21-56-22-16-27/h1,6-7,10-14,19,25,27-28,54H,4-5,8-9,15-18,20-24H2,2H3,(H2,48,49)(H,50,51,52). The highest BCUT2D eigenvalue weighted by molar-refractivity contribution is 6.37. The van der Waals surface area contributed by atoms with Gasteiger partial charge in [0, 0.05) is 42.0 Å². The maximum absolute atomic E-state index is 17.3. The van der Waals surface area contributed by atoms with Crippen LogP contribution in [0, 0.1) is 29.9 Å². The van der Waals surface area contributed by atoms with E-state index in [4.69, 9.17) is 38.0 Å². The smallest absolute Gasteiger partial charge is 0.319 e. The molecule has 8 rings (SSSR count). The second kappa shape index (κ2) is 16.5. The molecule has 0 bridgehead atoms. The van der Waals surface area contributed by atoms with Gasteiger partial charge < -0.3 is 30.4 Å². The number of rotatable bonds is 10. The van der Waals surface area contributed by atoms with Gasteiger partial charge >= 0.3 is 12.0 Å². The molecule has 14 heteroatoms. The lowest BCUT2D eigenvalue weighted by atomic mass is 9.93. The summed E-state index contributed by atoms with van der Waals surface area (Å²) in [4.78, 5) is 28.9. The summed E-state index contributed by atoms with van der Waals surface area (Å²) in [5, 5.41) is 15.4. The van der Waals surface area contributed by atoms with E-state index < -0.39 is 23.4 Å². The molecular weight excluding hydrogens is 766 g/mol. The summed E-state index contributed by atoms with van der Waals surface area (Å²) in [6.07, 6.45) is 14.1. The Labute approximate surface area is 340 Å². The minimum atomic E-state index is -0.888. The Hall–Kier alpha value is -5.29. The molecule has 4 atom stereocenters. The average molecular weight is 811 g/mol. The number of fused-ring (bicyclic) bond motifs is 3. The zero-order chi connectivity index (χ0) is 40.6. The van der Waals surface area contributed by atoms with Crippen molar-refractivity contribution in [1.29, 1.82) is 0 Å². The number of carbonyl (C=O) groups excluding carboxylic acids is 1. The maximum atomic E-state index is 17.3. The highest BCUT2D eigenvalue weighted by Gasteiger charge is 2.50. The predicted octanol–water partition coefficient (Wildman–Crippen LogP) is 8.34. The van der Waals surface area contributed by atoms with E-state index in [0.717, 1.165) is 58.1 Å². The summed E-state index contributed by atoms with van der Waals surface area (Å²) in [5.41, 5.74) is 6.10. The fourth-order valence-corrected chi connectivity index (χ4v) is 9.32. The molecule has 3 aromatic carbocycles. The fourth-order valence-electron chi connectivity index (χ4n) is 9.04. The number of pyridine rings is 1. The van der Waals surface area contributed by atoms with E-state index in [1.165, 1.54) is 6.07 Å². The first-order valence-corrected chi connectivity index (χ1v) is 20.2. The predicted molar refractivity (Wildman–Crippen MR) is 219 cm³/mol. The van der Waals surface area contributed by atoms with Crippen LogP contribution in [0.2, 0.25) is 5.02 Å². The third kappa shape index (κ3) is 7.33. The van der Waals surface area contributed by atoms with Gasteiger partial charge in [-0.25, -0.2) is 13.8 Å². The molecule has 2 aromatic heterocycles. The Morgan fingerprint density at radius 1 is 1.12 bits per heavy atom. The van der Waals surface area contributed by atoms with Gasteiger partial charge in [-0.3, -0.25) is 9.69 Å². The minimum absolute atomic E-state index is 0.0259. The first-order valence-electron chi connectivity index (χ1n) is 19.8. The van der Waals surface area contributed by atoms with Gasteiger partial charge in [0.05, 0.1) is 33.5 Å². The zero-order valence-electron chi connectivity index (χ0n) is 32.2. The topological polar surface area (TPSA) is 145 Å². The number of aromatic hydroxyl groups is 1. The number of nitrogens with zero attached hydrogens (tertiary/aromatic N) is 4. The van der Waals surface area contributed by atoms with Gasteiger partial charge in [-0.1, -0.05) is 54.3 Å². The van der Waals surface area contributed by atoms with Crippen molar-refractivity contribution in [1.82, 2.24) is 19.9 Å². The Morgan fingerprint density at radius 3 is 2.81 bits per heavy atom. The molecule has 4 unspecified atom stereocenters. The number of carbonyl (C=O) groups is 1. The lowest BCUT2D eigenvalue weighted by Gasteiger charge is -2.34. The molecule has 4 N–H and O–H groups in total. The number of hydrogen-bond acceptors (Lipinski definition) is 11. The van der Waals surface area contributed by atoms with Crippen LogP contribution in [-0.2, 0) is 14.3 Å². The highest BCUT2D eigenvalue weighted by Crippen LogP contribution is 2.48. The van der Waals surface area contributed by atoms with Crippen molar-refractivity contribution >= 4 is 50.9 Å². The minimum Gasteiger partial charge on any atom is -0.506 e. The number of phenols is 1. The van der Waals surface area contributed by atoms with Gasteiger partial charge in [0.15, 0.2) is 5.82 Å². The molecule has 5 aromatic rings. The molecule has 0 spiro atoms. The molecule has 0 radical (unpaired) electrons. The van der Waals surface area contributed by atoms with Gasteiger partial charge in [-0.2, -0.15) is 9.97 Å². The van der Waals surface area contributed by atoms with E-state index in [1.807, 2.05) is 6.92 Å². The van der Waals surface area contributed by atoms with Crippen molar-refractivity contribution in [2.75, 3.05) is 44.0 Å². The first-order chi connectivity index (χ1) is 28.1. The lowest BCUT2D eigenvalue weighted by molar-refractivity contribution is -0.151. The van der Waals surface area contributed by atoms with Crippen molar-refractivity contribution in [2.45, 2.75) is 75.9 Å². The Balaban J connectivity index is 1.14. The molecule has 3 aliphatic heterocycles. The van der Waals surface area contributed by atoms with Gasteiger partial charge in [0.1, 0.15) is 41.9 Å². The number of nitrogens with two attached hydrogens (primary N) is 1. The number of nitrogens with one attached hydrogen (secondary N) is 1. The van der Waals surface area contributed by atoms with Crippen LogP contribution in [0.5, 0.6) is 11.8 Å². The van der Waals surface area contributed by atoms with Gasteiger partial charge in [-0.05, 0) is 81.5 Å². The van der Waals surface area contributed by atoms with Crippen LogP contribution in [0.3, 0.4) is 0 Å². The molecule has 11 nitrogen and oxygen atoms in total. The quantitative estimate of drug-likeness (QED) is 0.0925. The highest BCUT2D eigenvalue weighted by atomic mass is 35.5. The van der Waals surface area contributed by atoms with E-state index in [2.05, 4.69) is 31.1 Å². The summed E-state index contributed by atoms with van der Waals surface area (Å²) in [5.74, 6) is 0.348. The van der Waals surface area contributed by atoms with Gasteiger partial charge in [0.2, 0.25) is 0 Å². The molecule has 3 fully saturated rings. The SMILES string of the molecule is C#Cc1c(F)ccc2cccc(-c3c(Cl)c(O)c4c(NC(C)c5cccnc5N)nc(OCC56CCCN5C(COC(=O)C5CCCCOCC5)CC6)nc4c3F)c12. The van der Waals surface area contributed by atoms with Crippen LogP contribution in [-0.4, -0.2) is 75.5 Å². The van der Waals surface area contributed by atoms with E-state index in [-0.39, 0.29) is 85.7 Å². The van der Waals surface area contributed by atoms with Crippen LogP contribution >= 0.6 is 11.6 Å². The molecule has 0 aliphatic carbocycles. The van der Waals surface area contributed by atoms with Crippen molar-refractivity contribution in [3.63, 3.8) is 0 Å². The van der Waals surface area contributed by atoms with Crippen LogP contribution in [0.25, 0.3) is 32.8 Å². The lowest BCUT2D eigenvalue weighted by Crippen LogP contribution is -2.48. The van der Waals surface area contributed by atoms with Gasteiger partial charge in [0.25, 0.3) is 0 Å². The molecule has 58 heavy (non-hydrogen) atoms. The summed E-state index contributed by atoms with van der Waals surface area (Å²) < 4.78 is 50.3. The third-order valence-electron chi connectivity index (χ3n) is 12.0. The summed E-state index contributed by atoms with van der Waals surface area (Å²) in [7, 11) is 0. The van der Waals surface area contributed by atoms with Crippen LogP contribution < -0.4 is 15.8 Å². The number of nitrogen functional groups attached to an aromatic ring is 1. The Kier molecular flexibility index (Phi) is 11.3. The number of hydrogen-bond donors (Lipinski definition) is 3. The van der Waals surface area contributed by atoms with Crippen molar-refractivity contribution in [3.05, 3.63) is 76.4 Å². The monoisotopic (exact) mass is 810 g/mol. The third-order valence-corrected chi connectivity index (χ3v) is 12.4. The molecule has 5 heterocycles. The summed E-state index contributed by atoms with van der Waals surface area (Å²) in [6, 6.07) is 10.7. The summed E-state index contributed by atoms with van der Waals surface area (Å²) >= 11 is 6.84. The van der Waals surface area contributed by atoms with E-state index >= 15 is 8.78 Å². The summed E-state index contributed by atoms with van der Waals surface area (Å²) in [6.45, 7) is 4.42. The zero-order valence-corrected chi connectivity index (χ0v) is 33.0.